The summed E-state index contributed by atoms with van der Waals surface area (Å²) in [5.74, 6) is 0.836. The van der Waals surface area contributed by atoms with Gasteiger partial charge in [-0.05, 0) is 43.3 Å². The number of fused-ring (bicyclic) bond motifs is 5. The highest BCUT2D eigenvalue weighted by atomic mass is 35.5. The molecule has 0 amide bonds. The second-order valence-electron chi connectivity index (χ2n) is 8.34. The average molecular weight is 521 g/mol. The van der Waals surface area contributed by atoms with Crippen molar-refractivity contribution < 1.29 is 9.53 Å². The number of hydrogen-bond donors (Lipinski definition) is 0. The first-order chi connectivity index (χ1) is 17.5. The van der Waals surface area contributed by atoms with Crippen molar-refractivity contribution in [3.8, 4) is 0 Å². The van der Waals surface area contributed by atoms with Crippen LogP contribution in [0, 0.1) is 0 Å². The Labute approximate surface area is 214 Å². The first-order valence-electron chi connectivity index (χ1n) is 11.6. The molecule has 5 heterocycles. The zero-order valence-corrected chi connectivity index (χ0v) is 20.9. The Balaban J connectivity index is 1.48. The first-order valence-corrected chi connectivity index (χ1v) is 12.8. The van der Waals surface area contributed by atoms with Gasteiger partial charge in [-0.25, -0.2) is 19.7 Å². The summed E-state index contributed by atoms with van der Waals surface area (Å²) in [6.07, 6.45) is 3.48. The van der Waals surface area contributed by atoms with Crippen LogP contribution >= 0.6 is 22.9 Å². The van der Waals surface area contributed by atoms with Crippen LogP contribution in [0.15, 0.2) is 53.6 Å². The SMILES string of the molecule is CCOC(=O)c1c(=O)c2ccc(N3CCN(c4ncccn4)CC3)nc2n2c1sc1ccc(Cl)cc12. The molecule has 11 heteroatoms. The molecular formula is C25H21ClN6O3S. The van der Waals surface area contributed by atoms with Crippen molar-refractivity contribution in [2.24, 2.45) is 0 Å². The molecule has 0 bridgehead atoms. The predicted molar refractivity (Wildman–Crippen MR) is 142 cm³/mol. The summed E-state index contributed by atoms with van der Waals surface area (Å²) in [5.41, 5.74) is 0.913. The molecule has 0 radical (unpaired) electrons. The lowest BCUT2D eigenvalue weighted by Gasteiger charge is -2.35. The number of benzene rings is 1. The van der Waals surface area contributed by atoms with Gasteiger partial charge in [-0.1, -0.05) is 11.6 Å². The number of anilines is 2. The molecular weight excluding hydrogens is 500 g/mol. The Morgan fingerprint density at radius 2 is 1.83 bits per heavy atom. The third-order valence-corrected chi connectivity index (χ3v) is 7.63. The summed E-state index contributed by atoms with van der Waals surface area (Å²) in [6, 6.07) is 10.9. The van der Waals surface area contributed by atoms with Crippen LogP contribution in [0.25, 0.3) is 26.1 Å². The van der Waals surface area contributed by atoms with Gasteiger partial charge in [-0.3, -0.25) is 9.20 Å². The lowest BCUT2D eigenvalue weighted by molar-refractivity contribution is 0.0527. The molecule has 0 aliphatic carbocycles. The fourth-order valence-electron chi connectivity index (χ4n) is 4.55. The predicted octanol–water partition coefficient (Wildman–Crippen LogP) is 4.01. The molecule has 1 aliphatic rings. The van der Waals surface area contributed by atoms with Gasteiger partial charge in [0, 0.05) is 43.6 Å². The summed E-state index contributed by atoms with van der Waals surface area (Å²) in [7, 11) is 0. The molecule has 5 aromatic rings. The summed E-state index contributed by atoms with van der Waals surface area (Å²) in [6.45, 7) is 4.85. The van der Waals surface area contributed by atoms with Gasteiger partial charge in [0.1, 0.15) is 16.2 Å². The Hall–Kier alpha value is -3.76. The number of esters is 1. The molecule has 0 spiro atoms. The van der Waals surface area contributed by atoms with Crippen LogP contribution in [0.5, 0.6) is 0 Å². The third-order valence-electron chi connectivity index (χ3n) is 6.25. The van der Waals surface area contributed by atoms with E-state index in [9.17, 15) is 9.59 Å². The normalized spacial score (nSPS) is 14.2. The summed E-state index contributed by atoms with van der Waals surface area (Å²) in [4.78, 5) is 44.8. The van der Waals surface area contributed by atoms with Gasteiger partial charge in [-0.15, -0.1) is 11.3 Å². The number of thiazole rings is 1. The number of nitrogens with zero attached hydrogens (tertiary/aromatic N) is 6. The van der Waals surface area contributed by atoms with Crippen LogP contribution in [0.3, 0.4) is 0 Å². The molecule has 9 nitrogen and oxygen atoms in total. The lowest BCUT2D eigenvalue weighted by Crippen LogP contribution is -2.47. The van der Waals surface area contributed by atoms with E-state index in [0.717, 1.165) is 42.2 Å². The molecule has 1 saturated heterocycles. The maximum Gasteiger partial charge on any atom is 0.345 e. The van der Waals surface area contributed by atoms with E-state index in [1.54, 1.807) is 37.5 Å². The van der Waals surface area contributed by atoms with Gasteiger partial charge in [0.05, 0.1) is 22.2 Å². The van der Waals surface area contributed by atoms with Crippen LogP contribution in [0.4, 0.5) is 11.8 Å². The number of hydrogen-bond acceptors (Lipinski definition) is 9. The van der Waals surface area contributed by atoms with Crippen molar-refractivity contribution >= 4 is 66.8 Å². The number of carbonyl (C=O) groups excluding carboxylic acids is 1. The second kappa shape index (κ2) is 9.03. The zero-order chi connectivity index (χ0) is 24.8. The van der Waals surface area contributed by atoms with Crippen molar-refractivity contribution in [3.05, 3.63) is 69.6 Å². The van der Waals surface area contributed by atoms with Crippen molar-refractivity contribution in [3.63, 3.8) is 0 Å². The van der Waals surface area contributed by atoms with Crippen molar-refractivity contribution in [1.29, 1.82) is 0 Å². The van der Waals surface area contributed by atoms with Gasteiger partial charge in [0.25, 0.3) is 0 Å². The number of piperazine rings is 1. The number of ether oxygens (including phenoxy) is 1. The standard InChI is InChI=1S/C25H21ClN6O3S/c1-2-35-24(34)20-21(33)16-5-7-19(30-10-12-31(13-11-30)25-27-8-3-9-28-25)29-22(16)32-17-14-15(26)4-6-18(17)36-23(20)32/h3-9,14H,2,10-13H2,1H3. The van der Waals surface area contributed by atoms with E-state index in [0.29, 0.717) is 26.8 Å². The van der Waals surface area contributed by atoms with E-state index in [-0.39, 0.29) is 17.6 Å². The molecule has 36 heavy (non-hydrogen) atoms. The molecule has 0 N–H and O–H groups in total. The smallest absolute Gasteiger partial charge is 0.345 e. The van der Waals surface area contributed by atoms with E-state index < -0.39 is 5.97 Å². The Morgan fingerprint density at radius 3 is 2.58 bits per heavy atom. The summed E-state index contributed by atoms with van der Waals surface area (Å²) >= 11 is 7.67. The van der Waals surface area contributed by atoms with Gasteiger partial charge in [0.2, 0.25) is 11.4 Å². The van der Waals surface area contributed by atoms with E-state index in [2.05, 4.69) is 19.8 Å². The van der Waals surface area contributed by atoms with E-state index in [1.165, 1.54) is 11.3 Å². The number of carbonyl (C=O) groups is 1. The highest BCUT2D eigenvalue weighted by molar-refractivity contribution is 7.24. The zero-order valence-electron chi connectivity index (χ0n) is 19.3. The Bertz CT molecular complexity index is 1680. The topological polar surface area (TPSA) is 92.9 Å². The summed E-state index contributed by atoms with van der Waals surface area (Å²) in [5, 5.41) is 0.914. The molecule has 1 aromatic carbocycles. The minimum Gasteiger partial charge on any atom is -0.462 e. The summed E-state index contributed by atoms with van der Waals surface area (Å²) < 4.78 is 7.98. The van der Waals surface area contributed by atoms with Crippen molar-refractivity contribution in [2.45, 2.75) is 6.92 Å². The van der Waals surface area contributed by atoms with Crippen LogP contribution < -0.4 is 15.2 Å². The Kier molecular flexibility index (Phi) is 5.69. The number of aromatic nitrogens is 4. The van der Waals surface area contributed by atoms with Crippen LogP contribution in [0.2, 0.25) is 5.02 Å². The van der Waals surface area contributed by atoms with Crippen LogP contribution in [-0.4, -0.2) is 58.1 Å². The minimum atomic E-state index is -0.636. The second-order valence-corrected chi connectivity index (χ2v) is 9.81. The minimum absolute atomic E-state index is 0.0210. The molecule has 0 saturated carbocycles. The van der Waals surface area contributed by atoms with E-state index in [1.807, 2.05) is 22.6 Å². The average Bonchev–Trinajstić information content (AvgIpc) is 3.27. The van der Waals surface area contributed by atoms with Crippen molar-refractivity contribution in [2.75, 3.05) is 42.6 Å². The highest BCUT2D eigenvalue weighted by Crippen LogP contribution is 2.33. The highest BCUT2D eigenvalue weighted by Gasteiger charge is 2.25. The van der Waals surface area contributed by atoms with Crippen molar-refractivity contribution in [1.82, 2.24) is 19.4 Å². The maximum atomic E-state index is 13.5. The molecule has 182 valence electrons. The molecule has 0 unspecified atom stereocenters. The lowest BCUT2D eigenvalue weighted by atomic mass is 10.2. The third kappa shape index (κ3) is 3.73. The van der Waals surface area contributed by atoms with Gasteiger partial charge >= 0.3 is 5.97 Å². The van der Waals surface area contributed by atoms with E-state index in [4.69, 9.17) is 21.3 Å². The van der Waals surface area contributed by atoms with Gasteiger partial charge in [-0.2, -0.15) is 0 Å². The first kappa shape index (κ1) is 22.7. The molecule has 0 atom stereocenters. The molecule has 1 fully saturated rings. The molecule has 6 rings (SSSR count). The largest absolute Gasteiger partial charge is 0.462 e. The quantitative estimate of drug-likeness (QED) is 0.328. The fourth-order valence-corrected chi connectivity index (χ4v) is 5.87. The number of pyridine rings is 2. The molecule has 4 aromatic heterocycles. The van der Waals surface area contributed by atoms with E-state index >= 15 is 0 Å². The fraction of sp³-hybridized carbons (Fsp3) is 0.240. The monoisotopic (exact) mass is 520 g/mol. The van der Waals surface area contributed by atoms with Gasteiger partial charge in [0.15, 0.2) is 5.65 Å². The van der Waals surface area contributed by atoms with Crippen LogP contribution in [-0.2, 0) is 4.74 Å². The van der Waals surface area contributed by atoms with Crippen LogP contribution in [0.1, 0.15) is 17.3 Å². The number of rotatable bonds is 4. The molecule has 1 aliphatic heterocycles. The Morgan fingerprint density at radius 1 is 1.08 bits per heavy atom. The maximum absolute atomic E-state index is 13.5. The number of halogens is 1. The van der Waals surface area contributed by atoms with Gasteiger partial charge < -0.3 is 14.5 Å².